The molecule has 3 unspecified atom stereocenters. The van der Waals surface area contributed by atoms with Crippen LogP contribution in [0.25, 0.3) is 0 Å². The van der Waals surface area contributed by atoms with Crippen molar-refractivity contribution >= 4 is 23.1 Å². The Bertz CT molecular complexity index is 914. The average Bonchev–Trinajstić information content (AvgIpc) is 3.42. The fourth-order valence-corrected chi connectivity index (χ4v) is 3.12. The quantitative estimate of drug-likeness (QED) is 0.731. The smallest absolute Gasteiger partial charge is 0.269 e. The first-order valence-electron chi connectivity index (χ1n) is 8.28. The second kappa shape index (κ2) is 7.19. The number of epoxide rings is 1. The first kappa shape index (κ1) is 18.9. The van der Waals surface area contributed by atoms with Crippen LogP contribution >= 0.6 is 11.6 Å². The van der Waals surface area contributed by atoms with Crippen molar-refractivity contribution in [3.63, 3.8) is 0 Å². The van der Waals surface area contributed by atoms with Gasteiger partial charge in [-0.05, 0) is 18.2 Å². The number of alkyl halides is 2. The van der Waals surface area contributed by atoms with Crippen molar-refractivity contribution in [2.24, 2.45) is 10.7 Å². The maximum atomic E-state index is 14.4. The van der Waals surface area contributed by atoms with Gasteiger partial charge in [0, 0.05) is 11.3 Å². The number of nitrogens with one attached hydrogen (secondary N) is 1. The molecule has 1 aromatic carbocycles. The van der Waals surface area contributed by atoms with Gasteiger partial charge in [-0.15, -0.1) is 0 Å². The van der Waals surface area contributed by atoms with Crippen LogP contribution in [0.15, 0.2) is 35.6 Å². The minimum atomic E-state index is -3.01. The highest BCUT2D eigenvalue weighted by Crippen LogP contribution is 2.41. The van der Waals surface area contributed by atoms with E-state index in [-0.39, 0.29) is 29.3 Å². The lowest BCUT2D eigenvalue weighted by Crippen LogP contribution is -2.45. The number of anilines is 1. The Kier molecular flexibility index (Phi) is 4.86. The summed E-state index contributed by atoms with van der Waals surface area (Å²) in [6.45, 7) is -0.553. The molecule has 2 aromatic rings. The lowest BCUT2D eigenvalue weighted by atomic mass is 9.90. The van der Waals surface area contributed by atoms with Crippen molar-refractivity contribution < 1.29 is 22.6 Å². The molecule has 3 heterocycles. The van der Waals surface area contributed by atoms with Gasteiger partial charge in [-0.3, -0.25) is 9.98 Å². The van der Waals surface area contributed by atoms with E-state index in [2.05, 4.69) is 20.3 Å². The Morgan fingerprint density at radius 3 is 2.79 bits per heavy atom. The number of nitrogens with two attached hydrogens (primary N) is 1. The molecular formula is C17H15ClF3N5O2. The highest BCUT2D eigenvalue weighted by Gasteiger charge is 2.47. The molecule has 3 atom stereocenters. The van der Waals surface area contributed by atoms with Gasteiger partial charge in [0.25, 0.3) is 6.43 Å². The third-order valence-corrected chi connectivity index (χ3v) is 4.64. The largest absolute Gasteiger partial charge is 0.385 e. The zero-order valence-corrected chi connectivity index (χ0v) is 15.0. The summed E-state index contributed by atoms with van der Waals surface area (Å²) in [4.78, 5) is 11.9. The van der Waals surface area contributed by atoms with Gasteiger partial charge >= 0.3 is 0 Å². The zero-order chi connectivity index (χ0) is 19.9. The third-order valence-electron chi connectivity index (χ3n) is 4.44. The lowest BCUT2D eigenvalue weighted by molar-refractivity contribution is -0.0145. The first-order chi connectivity index (χ1) is 13.4. The summed E-state index contributed by atoms with van der Waals surface area (Å²) in [6, 6.07) is 3.77. The molecule has 1 aromatic heterocycles. The van der Waals surface area contributed by atoms with Crippen LogP contribution in [0.4, 0.5) is 18.9 Å². The van der Waals surface area contributed by atoms with Gasteiger partial charge in [-0.2, -0.15) is 0 Å². The number of ether oxygens (including phenoxy) is 2. The van der Waals surface area contributed by atoms with E-state index in [1.807, 2.05) is 0 Å². The van der Waals surface area contributed by atoms with E-state index >= 15 is 0 Å². The van der Waals surface area contributed by atoms with Gasteiger partial charge in [0.1, 0.15) is 29.5 Å². The highest BCUT2D eigenvalue weighted by molar-refractivity contribution is 6.29. The Morgan fingerprint density at radius 1 is 1.29 bits per heavy atom. The number of rotatable bonds is 5. The monoisotopic (exact) mass is 413 g/mol. The summed E-state index contributed by atoms with van der Waals surface area (Å²) in [6.07, 6.45) is -0.983. The van der Waals surface area contributed by atoms with Crippen LogP contribution in [0, 0.1) is 5.82 Å². The molecular weight excluding hydrogens is 399 g/mol. The van der Waals surface area contributed by atoms with Crippen molar-refractivity contribution in [2.45, 2.75) is 24.3 Å². The second-order valence-corrected chi connectivity index (χ2v) is 6.79. The third kappa shape index (κ3) is 3.50. The van der Waals surface area contributed by atoms with Crippen LogP contribution in [0.1, 0.15) is 17.4 Å². The van der Waals surface area contributed by atoms with Gasteiger partial charge in [-0.1, -0.05) is 11.6 Å². The average molecular weight is 414 g/mol. The van der Waals surface area contributed by atoms with Gasteiger partial charge < -0.3 is 20.5 Å². The summed E-state index contributed by atoms with van der Waals surface area (Å²) in [5.74, 6) is -0.944. The Balaban J connectivity index is 1.58. The van der Waals surface area contributed by atoms with E-state index < -0.39 is 30.6 Å². The molecule has 0 radical (unpaired) electrons. The number of nitrogens with zero attached hydrogens (tertiary/aromatic N) is 3. The van der Waals surface area contributed by atoms with E-state index in [9.17, 15) is 13.2 Å². The molecule has 0 aliphatic carbocycles. The van der Waals surface area contributed by atoms with Gasteiger partial charge in [0.05, 0.1) is 24.7 Å². The maximum Gasteiger partial charge on any atom is 0.269 e. The number of amidine groups is 1. The number of halogens is 4. The van der Waals surface area contributed by atoms with Crippen molar-refractivity contribution in [3.05, 3.63) is 52.8 Å². The van der Waals surface area contributed by atoms with Crippen LogP contribution < -0.4 is 11.1 Å². The molecule has 0 spiro atoms. The Morgan fingerprint density at radius 2 is 2.11 bits per heavy atom. The van der Waals surface area contributed by atoms with E-state index in [0.717, 1.165) is 6.07 Å². The minimum absolute atomic E-state index is 0.0756. The number of benzene rings is 1. The van der Waals surface area contributed by atoms with Crippen LogP contribution in [0.3, 0.4) is 0 Å². The first-order valence-corrected chi connectivity index (χ1v) is 8.66. The summed E-state index contributed by atoms with van der Waals surface area (Å²) in [7, 11) is 0. The number of aromatic nitrogens is 2. The summed E-state index contributed by atoms with van der Waals surface area (Å²) >= 11 is 5.70. The number of hydrogen-bond acceptors (Lipinski definition) is 7. The Labute approximate surface area is 162 Å². The van der Waals surface area contributed by atoms with Gasteiger partial charge in [-0.25, -0.2) is 18.2 Å². The molecule has 1 saturated heterocycles. The molecule has 0 amide bonds. The van der Waals surface area contributed by atoms with E-state index in [1.165, 1.54) is 24.5 Å². The normalized spacial score (nSPS) is 26.8. The predicted molar refractivity (Wildman–Crippen MR) is 94.8 cm³/mol. The van der Waals surface area contributed by atoms with E-state index in [0.29, 0.717) is 11.4 Å². The van der Waals surface area contributed by atoms with Crippen molar-refractivity contribution in [1.82, 2.24) is 9.97 Å². The van der Waals surface area contributed by atoms with Crippen molar-refractivity contribution in [3.8, 4) is 0 Å². The second-order valence-electron chi connectivity index (χ2n) is 6.40. The molecule has 2 aliphatic rings. The molecule has 0 saturated carbocycles. The molecule has 0 bridgehead atoms. The van der Waals surface area contributed by atoms with E-state index in [4.69, 9.17) is 26.8 Å². The molecule has 7 nitrogen and oxygen atoms in total. The van der Waals surface area contributed by atoms with Gasteiger partial charge in [0.2, 0.25) is 0 Å². The maximum absolute atomic E-state index is 14.4. The Hall–Kier alpha value is -2.43. The number of aliphatic imine (C=N–C) groups is 1. The summed E-state index contributed by atoms with van der Waals surface area (Å²) in [5, 5.41) is 3.25. The zero-order valence-electron chi connectivity index (χ0n) is 14.3. The topological polar surface area (TPSA) is 98.0 Å². The van der Waals surface area contributed by atoms with Crippen LogP contribution in [-0.4, -0.2) is 41.7 Å². The highest BCUT2D eigenvalue weighted by atomic mass is 35.5. The van der Waals surface area contributed by atoms with E-state index in [1.54, 1.807) is 0 Å². The van der Waals surface area contributed by atoms with Gasteiger partial charge in [0.15, 0.2) is 11.8 Å². The standard InChI is InChI=1S/C17H15ClF3N5O2/c18-12-5-23-11(4-24-12)14-15(28-14)25-8-1-2-10(19)9(3-8)17(16(20)21)7-27-6-13(22)26-17/h1-5,14-16,25H,6-7H2,(H2,22,26). The predicted octanol–water partition coefficient (Wildman–Crippen LogP) is 2.63. The molecule has 2 aliphatic heterocycles. The van der Waals surface area contributed by atoms with Crippen molar-refractivity contribution in [2.75, 3.05) is 18.5 Å². The fourth-order valence-electron chi connectivity index (χ4n) is 3.03. The van der Waals surface area contributed by atoms with Crippen LogP contribution in [-0.2, 0) is 15.0 Å². The molecule has 28 heavy (non-hydrogen) atoms. The molecule has 148 valence electrons. The SMILES string of the molecule is NC1=NC(c2cc(NC3OC3c3cnc(Cl)cn3)ccc2F)(C(F)F)COC1. The summed E-state index contributed by atoms with van der Waals surface area (Å²) in [5.41, 5.74) is 4.00. The van der Waals surface area contributed by atoms with Crippen LogP contribution in [0.2, 0.25) is 5.15 Å². The molecule has 3 N–H and O–H groups in total. The lowest BCUT2D eigenvalue weighted by Gasteiger charge is -2.33. The fraction of sp³-hybridized carbons (Fsp3) is 0.353. The summed E-state index contributed by atoms with van der Waals surface area (Å²) < 4.78 is 52.7. The number of hydrogen-bond donors (Lipinski definition) is 2. The van der Waals surface area contributed by atoms with Crippen molar-refractivity contribution in [1.29, 1.82) is 0 Å². The molecule has 11 heteroatoms. The minimum Gasteiger partial charge on any atom is -0.385 e. The molecule has 1 fully saturated rings. The molecule has 4 rings (SSSR count). The van der Waals surface area contributed by atoms with Crippen LogP contribution in [0.5, 0.6) is 0 Å².